The Morgan fingerprint density at radius 1 is 1.18 bits per heavy atom. The molecule has 0 aliphatic carbocycles. The van der Waals surface area contributed by atoms with Gasteiger partial charge in [0.25, 0.3) is 5.56 Å². The van der Waals surface area contributed by atoms with E-state index in [0.717, 1.165) is 5.56 Å². The fourth-order valence-electron chi connectivity index (χ4n) is 4.22. The number of nitrogens with zero attached hydrogens (tertiary/aromatic N) is 2. The van der Waals surface area contributed by atoms with Crippen molar-refractivity contribution in [2.24, 2.45) is 5.73 Å². The Bertz CT molecular complexity index is 1330. The minimum atomic E-state index is -0.908. The molecule has 3 heterocycles. The van der Waals surface area contributed by atoms with Crippen LogP contribution in [0, 0.1) is 6.92 Å². The molecule has 0 amide bonds. The molecule has 1 aromatic carbocycles. The van der Waals surface area contributed by atoms with Crippen LogP contribution in [0.25, 0.3) is 0 Å². The number of esters is 1. The van der Waals surface area contributed by atoms with Crippen LogP contribution in [0.4, 0.5) is 0 Å². The maximum atomic E-state index is 13.9. The number of para-hydroxylation sites is 1. The first-order valence-electron chi connectivity index (χ1n) is 10.5. The molecule has 0 saturated heterocycles. The maximum Gasteiger partial charge on any atom is 0.340 e. The topological polar surface area (TPSA) is 115 Å². The van der Waals surface area contributed by atoms with E-state index in [1.165, 1.54) is 21.3 Å². The number of nitrogens with two attached hydrogens (primary N) is 1. The van der Waals surface area contributed by atoms with E-state index >= 15 is 0 Å². The second kappa shape index (κ2) is 9.30. The summed E-state index contributed by atoms with van der Waals surface area (Å²) in [5.74, 6) is -0.677. The smallest absolute Gasteiger partial charge is 0.340 e. The molecule has 0 spiro atoms. The summed E-state index contributed by atoms with van der Waals surface area (Å²) >= 11 is 0. The first-order chi connectivity index (χ1) is 16.4. The number of aromatic nitrogens is 2. The summed E-state index contributed by atoms with van der Waals surface area (Å²) in [5.41, 5.74) is 8.15. The molecule has 2 N–H and O–H groups in total. The predicted molar refractivity (Wildman–Crippen MR) is 124 cm³/mol. The zero-order valence-electron chi connectivity index (χ0n) is 19.3. The fourth-order valence-corrected chi connectivity index (χ4v) is 4.22. The van der Waals surface area contributed by atoms with E-state index < -0.39 is 11.9 Å². The van der Waals surface area contributed by atoms with Crippen LogP contribution >= 0.6 is 0 Å². The monoisotopic (exact) mass is 463 g/mol. The molecule has 176 valence electrons. The SMILES string of the molecule is COC(=O)C1=C(N)Oc2cc(C)n(Cc3cccnc3)c(=O)c2C1c1cccc(OC)c1OC. The van der Waals surface area contributed by atoms with Gasteiger partial charge in [0.15, 0.2) is 11.5 Å². The lowest BCUT2D eigenvalue weighted by atomic mass is 9.82. The second-order valence-electron chi connectivity index (χ2n) is 7.70. The highest BCUT2D eigenvalue weighted by Gasteiger charge is 2.40. The summed E-state index contributed by atoms with van der Waals surface area (Å²) in [7, 11) is 4.24. The molecule has 0 bridgehead atoms. The van der Waals surface area contributed by atoms with E-state index in [2.05, 4.69) is 4.98 Å². The molecule has 4 rings (SSSR count). The number of methoxy groups -OCH3 is 3. The van der Waals surface area contributed by atoms with Crippen LogP contribution in [0.15, 0.2) is 65.0 Å². The molecule has 1 atom stereocenters. The second-order valence-corrected chi connectivity index (χ2v) is 7.70. The van der Waals surface area contributed by atoms with E-state index in [9.17, 15) is 9.59 Å². The average Bonchev–Trinajstić information content (AvgIpc) is 2.85. The Balaban J connectivity index is 2.01. The molecule has 0 fully saturated rings. The summed E-state index contributed by atoms with van der Waals surface area (Å²) in [6.45, 7) is 2.10. The zero-order valence-corrected chi connectivity index (χ0v) is 19.3. The molecule has 34 heavy (non-hydrogen) atoms. The van der Waals surface area contributed by atoms with Gasteiger partial charge >= 0.3 is 5.97 Å². The lowest BCUT2D eigenvalue weighted by Crippen LogP contribution is -2.35. The molecular formula is C25H25N3O6. The van der Waals surface area contributed by atoms with Crippen LogP contribution in [-0.2, 0) is 16.1 Å². The molecule has 0 saturated carbocycles. The first-order valence-corrected chi connectivity index (χ1v) is 10.5. The summed E-state index contributed by atoms with van der Waals surface area (Å²) in [4.78, 5) is 30.9. The van der Waals surface area contributed by atoms with E-state index in [-0.39, 0.29) is 28.3 Å². The van der Waals surface area contributed by atoms with Gasteiger partial charge in [0, 0.05) is 29.7 Å². The largest absolute Gasteiger partial charge is 0.493 e. The van der Waals surface area contributed by atoms with E-state index in [1.807, 2.05) is 6.07 Å². The highest BCUT2D eigenvalue weighted by Crippen LogP contribution is 2.46. The van der Waals surface area contributed by atoms with Crippen molar-refractivity contribution in [1.29, 1.82) is 0 Å². The van der Waals surface area contributed by atoms with Crippen molar-refractivity contribution in [3.8, 4) is 17.2 Å². The van der Waals surface area contributed by atoms with Crippen LogP contribution < -0.4 is 25.5 Å². The number of fused-ring (bicyclic) bond motifs is 1. The summed E-state index contributed by atoms with van der Waals surface area (Å²) in [6.07, 6.45) is 3.36. The normalized spacial score (nSPS) is 14.8. The van der Waals surface area contributed by atoms with Gasteiger partial charge in [-0.05, 0) is 24.6 Å². The Morgan fingerprint density at radius 2 is 1.97 bits per heavy atom. The van der Waals surface area contributed by atoms with Gasteiger partial charge in [-0.1, -0.05) is 18.2 Å². The van der Waals surface area contributed by atoms with Crippen LogP contribution in [0.5, 0.6) is 17.2 Å². The van der Waals surface area contributed by atoms with Gasteiger partial charge < -0.3 is 29.2 Å². The van der Waals surface area contributed by atoms with E-state index in [4.69, 9.17) is 24.7 Å². The van der Waals surface area contributed by atoms with E-state index in [0.29, 0.717) is 29.3 Å². The number of carbonyl (C=O) groups is 1. The molecule has 9 nitrogen and oxygen atoms in total. The Kier molecular flexibility index (Phi) is 6.27. The van der Waals surface area contributed by atoms with Crippen molar-refractivity contribution in [2.75, 3.05) is 21.3 Å². The molecule has 1 aliphatic heterocycles. The van der Waals surface area contributed by atoms with Crippen molar-refractivity contribution in [3.63, 3.8) is 0 Å². The lowest BCUT2D eigenvalue weighted by molar-refractivity contribution is -0.136. The van der Waals surface area contributed by atoms with Crippen LogP contribution in [-0.4, -0.2) is 36.8 Å². The molecule has 0 radical (unpaired) electrons. The van der Waals surface area contributed by atoms with Crippen molar-refractivity contribution in [1.82, 2.24) is 9.55 Å². The predicted octanol–water partition coefficient (Wildman–Crippen LogP) is 2.48. The third-order valence-corrected chi connectivity index (χ3v) is 5.78. The van der Waals surface area contributed by atoms with Crippen molar-refractivity contribution in [3.05, 3.63) is 93.0 Å². The molecule has 2 aromatic heterocycles. The third-order valence-electron chi connectivity index (χ3n) is 5.78. The third kappa shape index (κ3) is 3.85. The maximum absolute atomic E-state index is 13.9. The molecule has 3 aromatic rings. The molecule has 1 aliphatic rings. The minimum absolute atomic E-state index is 0.00966. The van der Waals surface area contributed by atoms with Crippen LogP contribution in [0.3, 0.4) is 0 Å². The standard InChI is InChI=1S/C25H25N3O6/c1-14-11-18-20(24(29)28(14)13-15-7-6-10-27-12-15)19(21(23(26)34-18)25(30)33-4)16-8-5-9-17(31-2)22(16)32-3/h5-12,19H,13,26H2,1-4H3. The number of carbonyl (C=O) groups excluding carboxylic acids is 1. The van der Waals surface area contributed by atoms with Gasteiger partial charge in [0.2, 0.25) is 5.88 Å². The number of hydrogen-bond acceptors (Lipinski definition) is 8. The Labute approximate surface area is 196 Å². The minimum Gasteiger partial charge on any atom is -0.493 e. The highest BCUT2D eigenvalue weighted by atomic mass is 16.5. The quantitative estimate of drug-likeness (QED) is 0.555. The number of rotatable bonds is 6. The number of ether oxygens (including phenoxy) is 4. The summed E-state index contributed by atoms with van der Waals surface area (Å²) < 4.78 is 23.5. The van der Waals surface area contributed by atoms with Gasteiger partial charge in [0.05, 0.1) is 39.4 Å². The lowest BCUT2D eigenvalue weighted by Gasteiger charge is -2.30. The molecule has 1 unspecified atom stereocenters. The number of hydrogen-bond donors (Lipinski definition) is 1. The Morgan fingerprint density at radius 3 is 2.62 bits per heavy atom. The zero-order chi connectivity index (χ0) is 24.4. The molecular weight excluding hydrogens is 438 g/mol. The summed E-state index contributed by atoms with van der Waals surface area (Å²) in [5, 5.41) is 0. The van der Waals surface area contributed by atoms with Crippen LogP contribution in [0.2, 0.25) is 0 Å². The van der Waals surface area contributed by atoms with Gasteiger partial charge in [-0.2, -0.15) is 0 Å². The Hall–Kier alpha value is -4.27. The van der Waals surface area contributed by atoms with E-state index in [1.54, 1.807) is 54.2 Å². The van der Waals surface area contributed by atoms with Gasteiger partial charge in [-0.15, -0.1) is 0 Å². The van der Waals surface area contributed by atoms with Gasteiger partial charge in [-0.3, -0.25) is 9.78 Å². The van der Waals surface area contributed by atoms with Gasteiger partial charge in [-0.25, -0.2) is 4.79 Å². The fraction of sp³-hybridized carbons (Fsp3) is 0.240. The van der Waals surface area contributed by atoms with Crippen molar-refractivity contribution < 1.29 is 23.7 Å². The van der Waals surface area contributed by atoms with Crippen molar-refractivity contribution in [2.45, 2.75) is 19.4 Å². The van der Waals surface area contributed by atoms with Crippen molar-refractivity contribution >= 4 is 5.97 Å². The summed E-state index contributed by atoms with van der Waals surface area (Å²) in [6, 6.07) is 10.6. The number of aryl methyl sites for hydroxylation is 1. The van der Waals surface area contributed by atoms with Gasteiger partial charge in [0.1, 0.15) is 11.3 Å². The first kappa shape index (κ1) is 22.9. The number of pyridine rings is 2. The van der Waals surface area contributed by atoms with Crippen LogP contribution in [0.1, 0.15) is 28.3 Å². The highest BCUT2D eigenvalue weighted by molar-refractivity contribution is 5.93. The average molecular weight is 463 g/mol. The molecule has 9 heteroatoms. The number of benzene rings is 1.